The summed E-state index contributed by atoms with van der Waals surface area (Å²) >= 11 is 0. The highest BCUT2D eigenvalue weighted by molar-refractivity contribution is 7.92. The zero-order valence-corrected chi connectivity index (χ0v) is 11.5. The first-order chi connectivity index (χ1) is 9.42. The Kier molecular flexibility index (Phi) is 4.08. The molecular weight excluding hydrogens is 282 g/mol. The molecule has 7 heteroatoms. The van der Waals surface area contributed by atoms with Crippen molar-refractivity contribution in [3.8, 4) is 0 Å². The molecule has 1 aliphatic heterocycles. The lowest BCUT2D eigenvalue weighted by atomic mass is 10.1. The van der Waals surface area contributed by atoms with Crippen molar-refractivity contribution in [1.29, 1.82) is 0 Å². The molecule has 1 aromatic rings. The highest BCUT2D eigenvalue weighted by Gasteiger charge is 2.31. The van der Waals surface area contributed by atoms with Crippen LogP contribution in [-0.4, -0.2) is 42.9 Å². The fraction of sp³-hybridized carbons (Fsp3) is 0.385. The van der Waals surface area contributed by atoms with Gasteiger partial charge in [0.05, 0.1) is 22.1 Å². The third kappa shape index (κ3) is 2.98. The lowest BCUT2D eigenvalue weighted by Gasteiger charge is -2.11. The molecule has 1 atom stereocenters. The molecule has 108 valence electrons. The maximum Gasteiger partial charge on any atom is 0.336 e. The summed E-state index contributed by atoms with van der Waals surface area (Å²) in [6, 6.07) is 5.83. The largest absolute Gasteiger partial charge is 0.478 e. The quantitative estimate of drug-likeness (QED) is 0.851. The van der Waals surface area contributed by atoms with E-state index in [0.29, 0.717) is 12.8 Å². The molecular formula is C13H15NO5S. The number of rotatable bonds is 4. The number of carboxylic acids is 1. The maximum absolute atomic E-state index is 12.0. The summed E-state index contributed by atoms with van der Waals surface area (Å²) in [6.45, 7) is 0.0229. The summed E-state index contributed by atoms with van der Waals surface area (Å²) in [5.74, 6) is -1.60. The van der Waals surface area contributed by atoms with Crippen LogP contribution in [0.3, 0.4) is 0 Å². The summed E-state index contributed by atoms with van der Waals surface area (Å²) in [7, 11) is -3.12. The van der Waals surface area contributed by atoms with Gasteiger partial charge < -0.3 is 10.4 Å². The van der Waals surface area contributed by atoms with Gasteiger partial charge in [0.15, 0.2) is 9.84 Å². The summed E-state index contributed by atoms with van der Waals surface area (Å²) in [6.07, 6.45) is 1.14. The van der Waals surface area contributed by atoms with Gasteiger partial charge in [0.1, 0.15) is 0 Å². The number of benzene rings is 1. The molecule has 1 unspecified atom stereocenters. The Labute approximate surface area is 116 Å². The van der Waals surface area contributed by atoms with Crippen molar-refractivity contribution in [2.24, 2.45) is 0 Å². The fourth-order valence-corrected chi connectivity index (χ4v) is 4.02. The summed E-state index contributed by atoms with van der Waals surface area (Å²) in [4.78, 5) is 23.0. The van der Waals surface area contributed by atoms with Crippen molar-refractivity contribution >= 4 is 21.7 Å². The van der Waals surface area contributed by atoms with Gasteiger partial charge in [0, 0.05) is 6.54 Å². The van der Waals surface area contributed by atoms with E-state index in [-0.39, 0.29) is 23.4 Å². The van der Waals surface area contributed by atoms with Crippen LogP contribution >= 0.6 is 0 Å². The molecule has 0 spiro atoms. The normalized spacial score (nSPS) is 20.5. The molecule has 0 bridgehead atoms. The van der Waals surface area contributed by atoms with E-state index in [1.54, 1.807) is 6.07 Å². The monoisotopic (exact) mass is 297 g/mol. The first-order valence-corrected chi connectivity index (χ1v) is 7.95. The molecule has 1 heterocycles. The molecule has 0 aliphatic carbocycles. The zero-order chi connectivity index (χ0) is 14.8. The molecule has 1 aliphatic rings. The topological polar surface area (TPSA) is 101 Å². The van der Waals surface area contributed by atoms with Crippen LogP contribution in [0, 0.1) is 0 Å². The maximum atomic E-state index is 12.0. The molecule has 0 radical (unpaired) electrons. The standard InChI is InChI=1S/C13H15NO5S/c15-12(10-5-1-2-6-11(10)13(16)17)14-8-9-4-3-7-20(9,18)19/h1-2,5-6,9H,3-4,7-8H2,(H,14,15)(H,16,17). The Bertz CT molecular complexity index is 638. The van der Waals surface area contributed by atoms with Crippen molar-refractivity contribution in [2.75, 3.05) is 12.3 Å². The molecule has 6 nitrogen and oxygen atoms in total. The van der Waals surface area contributed by atoms with Crippen LogP contribution in [0.1, 0.15) is 33.6 Å². The van der Waals surface area contributed by atoms with Crippen LogP contribution in [0.5, 0.6) is 0 Å². The molecule has 2 N–H and O–H groups in total. The van der Waals surface area contributed by atoms with Gasteiger partial charge in [0.25, 0.3) is 5.91 Å². The van der Waals surface area contributed by atoms with Crippen molar-refractivity contribution in [3.05, 3.63) is 35.4 Å². The Balaban J connectivity index is 2.08. The molecule has 1 fully saturated rings. The van der Waals surface area contributed by atoms with Crippen LogP contribution in [-0.2, 0) is 9.84 Å². The highest BCUT2D eigenvalue weighted by atomic mass is 32.2. The number of hydrogen-bond acceptors (Lipinski definition) is 4. The highest BCUT2D eigenvalue weighted by Crippen LogP contribution is 2.19. The van der Waals surface area contributed by atoms with Gasteiger partial charge >= 0.3 is 5.97 Å². The van der Waals surface area contributed by atoms with Crippen LogP contribution < -0.4 is 5.32 Å². The van der Waals surface area contributed by atoms with E-state index in [0.717, 1.165) is 0 Å². The second kappa shape index (κ2) is 5.62. The molecule has 0 saturated carbocycles. The minimum absolute atomic E-state index is 0.0229. The van der Waals surface area contributed by atoms with Crippen molar-refractivity contribution < 1.29 is 23.1 Å². The second-order valence-corrected chi connectivity index (χ2v) is 7.09. The van der Waals surface area contributed by atoms with Crippen molar-refractivity contribution in [1.82, 2.24) is 5.32 Å². The van der Waals surface area contributed by atoms with Crippen molar-refractivity contribution in [2.45, 2.75) is 18.1 Å². The van der Waals surface area contributed by atoms with E-state index in [4.69, 9.17) is 5.11 Å². The summed E-state index contributed by atoms with van der Waals surface area (Å²) < 4.78 is 23.3. The Morgan fingerprint density at radius 1 is 1.25 bits per heavy atom. The molecule has 1 amide bonds. The summed E-state index contributed by atoms with van der Waals surface area (Å²) in [5, 5.41) is 10.9. The Hall–Kier alpha value is -1.89. The lowest BCUT2D eigenvalue weighted by Crippen LogP contribution is -2.35. The number of nitrogens with one attached hydrogen (secondary N) is 1. The van der Waals surface area contributed by atoms with Gasteiger partial charge in [-0.1, -0.05) is 12.1 Å². The molecule has 1 saturated heterocycles. The van der Waals surface area contributed by atoms with E-state index in [2.05, 4.69) is 5.32 Å². The van der Waals surface area contributed by atoms with Gasteiger partial charge in [-0.25, -0.2) is 13.2 Å². The average Bonchev–Trinajstić information content (AvgIpc) is 2.75. The lowest BCUT2D eigenvalue weighted by molar-refractivity contribution is 0.0691. The van der Waals surface area contributed by atoms with Crippen LogP contribution in [0.4, 0.5) is 0 Å². The molecule has 20 heavy (non-hydrogen) atoms. The zero-order valence-electron chi connectivity index (χ0n) is 10.7. The average molecular weight is 297 g/mol. The number of sulfone groups is 1. The van der Waals surface area contributed by atoms with Gasteiger partial charge in [0.2, 0.25) is 0 Å². The summed E-state index contributed by atoms with van der Waals surface area (Å²) in [5.41, 5.74) is -0.0605. The number of carboxylic acid groups (broad SMARTS) is 1. The van der Waals surface area contributed by atoms with Crippen LogP contribution in [0.25, 0.3) is 0 Å². The van der Waals surface area contributed by atoms with Gasteiger partial charge in [-0.05, 0) is 25.0 Å². The first-order valence-electron chi connectivity index (χ1n) is 6.24. The van der Waals surface area contributed by atoms with Gasteiger partial charge in [-0.2, -0.15) is 0 Å². The smallest absolute Gasteiger partial charge is 0.336 e. The first kappa shape index (κ1) is 14.5. The molecule has 1 aromatic carbocycles. The Morgan fingerprint density at radius 2 is 1.90 bits per heavy atom. The van der Waals surface area contributed by atoms with Gasteiger partial charge in [-0.15, -0.1) is 0 Å². The SMILES string of the molecule is O=C(O)c1ccccc1C(=O)NCC1CCCS1(=O)=O. The van der Waals surface area contributed by atoms with E-state index in [1.807, 2.05) is 0 Å². The van der Waals surface area contributed by atoms with Crippen LogP contribution in [0.15, 0.2) is 24.3 Å². The third-order valence-electron chi connectivity index (χ3n) is 3.36. The van der Waals surface area contributed by atoms with Crippen molar-refractivity contribution in [3.63, 3.8) is 0 Å². The molecule has 2 rings (SSSR count). The number of carbonyl (C=O) groups excluding carboxylic acids is 1. The molecule has 0 aromatic heterocycles. The number of carbonyl (C=O) groups is 2. The number of aromatic carboxylic acids is 1. The Morgan fingerprint density at radius 3 is 2.45 bits per heavy atom. The fourth-order valence-electron chi connectivity index (χ4n) is 2.26. The second-order valence-electron chi connectivity index (χ2n) is 4.69. The van der Waals surface area contributed by atoms with E-state index in [9.17, 15) is 18.0 Å². The van der Waals surface area contributed by atoms with Gasteiger partial charge in [-0.3, -0.25) is 4.79 Å². The predicted molar refractivity (Wildman–Crippen MR) is 72.5 cm³/mol. The van der Waals surface area contributed by atoms with E-state index < -0.39 is 27.0 Å². The van der Waals surface area contributed by atoms with Crippen LogP contribution in [0.2, 0.25) is 0 Å². The minimum atomic E-state index is -3.12. The number of hydrogen-bond donors (Lipinski definition) is 2. The minimum Gasteiger partial charge on any atom is -0.478 e. The predicted octanol–water partition coefficient (Wildman–Crippen LogP) is 0.692. The van der Waals surface area contributed by atoms with E-state index >= 15 is 0 Å². The van der Waals surface area contributed by atoms with E-state index in [1.165, 1.54) is 18.2 Å². The number of amides is 1. The third-order valence-corrected chi connectivity index (χ3v) is 5.63.